The third-order valence-corrected chi connectivity index (χ3v) is 4.90. The standard InChI is InChI=1S/C15H27NO4P.CH4O4S/c1-12(2)18-21(17,19-13(3)4)20-15-10-8-9-14(11-15)16(5,6)7;1-5-6(2,3)4/h8-13H,1-7H3;1H3,(H,2,3,4)/q+1;/p-1. The molecule has 0 spiro atoms. The maximum Gasteiger partial charge on any atom is 0.530 e. The van der Waals surface area contributed by atoms with E-state index in [0.29, 0.717) is 10.2 Å². The van der Waals surface area contributed by atoms with Crippen molar-refractivity contribution in [2.45, 2.75) is 39.9 Å². The third-order valence-electron chi connectivity index (χ3n) is 2.69. The van der Waals surface area contributed by atoms with Gasteiger partial charge in [-0.3, -0.25) is 17.7 Å². The first-order valence-corrected chi connectivity index (χ1v) is 11.0. The van der Waals surface area contributed by atoms with Crippen LogP contribution in [0.25, 0.3) is 0 Å². The summed E-state index contributed by atoms with van der Waals surface area (Å²) in [4.78, 5) is 0. The molecule has 0 heterocycles. The summed E-state index contributed by atoms with van der Waals surface area (Å²) in [6.07, 6.45) is -0.507. The molecule has 0 aromatic heterocycles. The first-order chi connectivity index (χ1) is 12.1. The molecule has 27 heavy (non-hydrogen) atoms. The van der Waals surface area contributed by atoms with Crippen molar-refractivity contribution in [1.29, 1.82) is 0 Å². The molecular formula is C16H30NO8PS. The average molecular weight is 427 g/mol. The molecule has 0 aliphatic heterocycles. The van der Waals surface area contributed by atoms with Gasteiger partial charge in [-0.05, 0) is 39.8 Å². The summed E-state index contributed by atoms with van der Waals surface area (Å²) < 4.78 is 60.7. The van der Waals surface area contributed by atoms with Crippen molar-refractivity contribution < 1.29 is 35.3 Å². The Hall–Kier alpha value is -1.00. The Bertz CT molecular complexity index is 714. The number of nitrogens with zero attached hydrogens (tertiary/aromatic N) is 1. The smallest absolute Gasteiger partial charge is 0.530 e. The van der Waals surface area contributed by atoms with Gasteiger partial charge in [0.15, 0.2) is 0 Å². The lowest BCUT2D eigenvalue weighted by Gasteiger charge is -2.25. The molecule has 0 unspecified atom stereocenters. The number of hydrogen-bond donors (Lipinski definition) is 0. The van der Waals surface area contributed by atoms with Crippen LogP contribution in [0.15, 0.2) is 24.3 Å². The fourth-order valence-corrected chi connectivity index (χ4v) is 3.21. The number of hydrogen-bond acceptors (Lipinski definition) is 8. The fourth-order valence-electron chi connectivity index (χ4n) is 1.67. The van der Waals surface area contributed by atoms with E-state index in [1.54, 1.807) is 33.8 Å². The number of phosphoric acid groups is 1. The van der Waals surface area contributed by atoms with Crippen LogP contribution in [0, 0.1) is 0 Å². The second-order valence-corrected chi connectivity index (χ2v) is 9.58. The number of quaternary nitrogens is 1. The Labute approximate surface area is 162 Å². The highest BCUT2D eigenvalue weighted by Crippen LogP contribution is 2.51. The molecule has 0 N–H and O–H groups in total. The normalized spacial score (nSPS) is 12.7. The molecule has 1 aromatic carbocycles. The van der Waals surface area contributed by atoms with E-state index in [2.05, 4.69) is 4.18 Å². The topological polar surface area (TPSA) is 111 Å². The van der Waals surface area contributed by atoms with Crippen LogP contribution in [-0.2, 0) is 28.2 Å². The minimum atomic E-state index is -4.41. The van der Waals surface area contributed by atoms with Gasteiger partial charge in [-0.15, -0.1) is 0 Å². The fraction of sp³-hybridized carbons (Fsp3) is 0.625. The van der Waals surface area contributed by atoms with Gasteiger partial charge in [-0.25, -0.2) is 13.0 Å². The number of rotatable bonds is 8. The zero-order valence-electron chi connectivity index (χ0n) is 17.0. The van der Waals surface area contributed by atoms with Gasteiger partial charge in [0, 0.05) is 6.07 Å². The molecule has 0 atom stereocenters. The van der Waals surface area contributed by atoms with Crippen molar-refractivity contribution >= 4 is 23.9 Å². The molecule has 0 aliphatic rings. The molecule has 0 amide bonds. The van der Waals surface area contributed by atoms with E-state index in [1.807, 2.05) is 39.3 Å². The minimum absolute atomic E-state index is 0.254. The molecule has 158 valence electrons. The van der Waals surface area contributed by atoms with Crippen molar-refractivity contribution in [3.8, 4) is 5.75 Å². The zero-order valence-corrected chi connectivity index (χ0v) is 18.7. The largest absolute Gasteiger partial charge is 0.726 e. The summed E-state index contributed by atoms with van der Waals surface area (Å²) in [7, 11) is -1.09. The second kappa shape index (κ2) is 10.5. The van der Waals surface area contributed by atoms with Crippen LogP contribution >= 0.6 is 7.82 Å². The highest BCUT2D eigenvalue weighted by atomic mass is 32.3. The van der Waals surface area contributed by atoms with E-state index in [-0.39, 0.29) is 12.2 Å². The molecule has 0 radical (unpaired) electrons. The van der Waals surface area contributed by atoms with Gasteiger partial charge in [-0.1, -0.05) is 6.07 Å². The van der Waals surface area contributed by atoms with Crippen LogP contribution in [0.4, 0.5) is 5.69 Å². The predicted octanol–water partition coefficient (Wildman–Crippen LogP) is 3.31. The van der Waals surface area contributed by atoms with E-state index >= 15 is 0 Å². The van der Waals surface area contributed by atoms with Crippen molar-refractivity contribution in [1.82, 2.24) is 4.48 Å². The van der Waals surface area contributed by atoms with Crippen molar-refractivity contribution in [2.75, 3.05) is 28.3 Å². The summed E-state index contributed by atoms with van der Waals surface area (Å²) >= 11 is 0. The van der Waals surface area contributed by atoms with Gasteiger partial charge in [-0.2, -0.15) is 0 Å². The zero-order chi connectivity index (χ0) is 21.5. The van der Waals surface area contributed by atoms with Crippen LogP contribution in [0.2, 0.25) is 0 Å². The third kappa shape index (κ3) is 12.1. The van der Waals surface area contributed by atoms with E-state index in [9.17, 15) is 17.5 Å². The maximum absolute atomic E-state index is 12.7. The maximum atomic E-state index is 12.7. The van der Waals surface area contributed by atoms with Crippen LogP contribution in [0.3, 0.4) is 0 Å². The summed E-state index contributed by atoms with van der Waals surface area (Å²) in [5, 5.41) is 0. The predicted molar refractivity (Wildman–Crippen MR) is 103 cm³/mol. The van der Waals surface area contributed by atoms with Gasteiger partial charge < -0.3 is 9.08 Å². The average Bonchev–Trinajstić information content (AvgIpc) is 2.44. The van der Waals surface area contributed by atoms with Gasteiger partial charge in [0.1, 0.15) is 11.4 Å². The molecule has 9 nitrogen and oxygen atoms in total. The lowest BCUT2D eigenvalue weighted by molar-refractivity contribution is 0.103. The van der Waals surface area contributed by atoms with E-state index in [1.165, 1.54) is 0 Å². The first-order valence-electron chi connectivity index (χ1n) is 8.18. The van der Waals surface area contributed by atoms with Crippen molar-refractivity contribution in [3.63, 3.8) is 0 Å². The summed E-state index contributed by atoms with van der Waals surface area (Å²) in [6, 6.07) is 7.45. The lowest BCUT2D eigenvalue weighted by Crippen LogP contribution is -2.34. The van der Waals surface area contributed by atoms with Gasteiger partial charge in [0.2, 0.25) is 10.4 Å². The molecule has 11 heteroatoms. The Morgan fingerprint density at radius 3 is 1.81 bits per heavy atom. The van der Waals surface area contributed by atoms with Crippen LogP contribution in [-0.4, -0.2) is 53.4 Å². The summed E-state index contributed by atoms with van der Waals surface area (Å²) in [5.74, 6) is 0.477. The summed E-state index contributed by atoms with van der Waals surface area (Å²) in [5.41, 5.74) is 1.04. The van der Waals surface area contributed by atoms with Gasteiger partial charge >= 0.3 is 7.82 Å². The van der Waals surface area contributed by atoms with Gasteiger partial charge in [0.05, 0.1) is 40.5 Å². The molecule has 0 saturated heterocycles. The van der Waals surface area contributed by atoms with E-state index in [0.717, 1.165) is 12.8 Å². The lowest BCUT2D eigenvalue weighted by atomic mass is 10.2. The number of phosphoric ester groups is 1. The second-order valence-electron chi connectivity index (χ2n) is 6.93. The van der Waals surface area contributed by atoms with Crippen molar-refractivity contribution in [2.24, 2.45) is 0 Å². The molecule has 0 saturated carbocycles. The number of benzene rings is 1. The Morgan fingerprint density at radius 2 is 1.48 bits per heavy atom. The highest BCUT2D eigenvalue weighted by molar-refractivity contribution is 7.80. The Morgan fingerprint density at radius 1 is 1.04 bits per heavy atom. The molecule has 0 fully saturated rings. The first kappa shape index (κ1) is 26.0. The molecule has 0 aliphatic carbocycles. The molecule has 1 rings (SSSR count). The van der Waals surface area contributed by atoms with Crippen molar-refractivity contribution in [3.05, 3.63) is 24.3 Å². The molecule has 0 bridgehead atoms. The van der Waals surface area contributed by atoms with Crippen LogP contribution in [0.5, 0.6) is 5.75 Å². The van der Waals surface area contributed by atoms with Crippen LogP contribution in [0.1, 0.15) is 27.7 Å². The molecular weight excluding hydrogens is 397 g/mol. The molecule has 1 aromatic rings. The van der Waals surface area contributed by atoms with E-state index in [4.69, 9.17) is 13.6 Å². The van der Waals surface area contributed by atoms with Gasteiger partial charge in [0.25, 0.3) is 0 Å². The quantitative estimate of drug-likeness (QED) is 0.269. The Balaban J connectivity index is 0.000000972. The Kier molecular flexibility index (Phi) is 10.1. The van der Waals surface area contributed by atoms with E-state index < -0.39 is 18.2 Å². The SMILES string of the molecule is CC(C)OP(=O)(Oc1cccc([N+](C)(C)C)c1)OC(C)C.COS(=O)(=O)[O-]. The summed E-state index contributed by atoms with van der Waals surface area (Å²) in [6.45, 7) is 7.18. The van der Waals surface area contributed by atoms with Crippen LogP contribution < -0.4 is 9.01 Å². The highest BCUT2D eigenvalue weighted by Gasteiger charge is 2.32. The minimum Gasteiger partial charge on any atom is -0.726 e. The monoisotopic (exact) mass is 427 g/mol.